The van der Waals surface area contributed by atoms with Gasteiger partial charge in [-0.25, -0.2) is 0 Å². The summed E-state index contributed by atoms with van der Waals surface area (Å²) in [6.45, 7) is 1.62. The maximum atomic E-state index is 10.6. The molecule has 2 unspecified atom stereocenters. The molecule has 1 fully saturated rings. The summed E-state index contributed by atoms with van der Waals surface area (Å²) < 4.78 is 0. The first-order chi connectivity index (χ1) is 9.57. The molecule has 1 aromatic carbocycles. The summed E-state index contributed by atoms with van der Waals surface area (Å²) >= 11 is 3.25. The van der Waals surface area contributed by atoms with Crippen molar-refractivity contribution in [2.24, 2.45) is 0 Å². The van der Waals surface area contributed by atoms with Gasteiger partial charge in [-0.05, 0) is 43.5 Å². The van der Waals surface area contributed by atoms with E-state index in [-0.39, 0.29) is 0 Å². The highest BCUT2D eigenvalue weighted by Gasteiger charge is 2.31. The Kier molecular flexibility index (Phi) is 5.57. The van der Waals surface area contributed by atoms with Gasteiger partial charge in [0.25, 0.3) is 0 Å². The highest BCUT2D eigenvalue weighted by molar-refractivity contribution is 9.09. The number of alkyl halides is 1. The Balaban J connectivity index is 2.09. The lowest BCUT2D eigenvalue weighted by Crippen LogP contribution is -2.39. The van der Waals surface area contributed by atoms with E-state index in [0.29, 0.717) is 30.2 Å². The molecule has 1 saturated heterocycles. The molecule has 0 saturated carbocycles. The highest BCUT2D eigenvalue weighted by Crippen LogP contribution is 2.31. The van der Waals surface area contributed by atoms with Crippen LogP contribution in [-0.2, 0) is 5.60 Å². The Labute approximate surface area is 128 Å². The van der Waals surface area contributed by atoms with Gasteiger partial charge in [0.05, 0.1) is 11.7 Å². The van der Waals surface area contributed by atoms with E-state index in [1.807, 2.05) is 12.1 Å². The highest BCUT2D eigenvalue weighted by atomic mass is 79.9. The molecule has 2 atom stereocenters. The van der Waals surface area contributed by atoms with E-state index in [1.54, 1.807) is 12.1 Å². The Morgan fingerprint density at radius 1 is 1.15 bits per heavy atom. The zero-order valence-electron chi connectivity index (χ0n) is 11.4. The molecule has 0 bridgehead atoms. The van der Waals surface area contributed by atoms with Crippen molar-refractivity contribution in [2.45, 2.75) is 37.1 Å². The van der Waals surface area contributed by atoms with Gasteiger partial charge in [-0.3, -0.25) is 0 Å². The molecular weight excluding hydrogens is 322 g/mol. The second-order valence-electron chi connectivity index (χ2n) is 5.39. The summed E-state index contributed by atoms with van der Waals surface area (Å²) in [5.74, 6) is 0. The Hall–Kier alpha value is -0.460. The van der Waals surface area contributed by atoms with Crippen LogP contribution in [0.1, 0.15) is 36.5 Å². The Bertz CT molecular complexity index is 418. The predicted molar refractivity (Wildman–Crippen MR) is 81.8 cm³/mol. The van der Waals surface area contributed by atoms with Crippen LogP contribution in [0.3, 0.4) is 0 Å². The normalized spacial score (nSPS) is 21.4. The van der Waals surface area contributed by atoms with Gasteiger partial charge in [0, 0.05) is 5.33 Å². The van der Waals surface area contributed by atoms with E-state index < -0.39 is 17.8 Å². The fourth-order valence-corrected chi connectivity index (χ4v) is 3.08. The van der Waals surface area contributed by atoms with Crippen LogP contribution in [0.25, 0.3) is 0 Å². The van der Waals surface area contributed by atoms with E-state index >= 15 is 0 Å². The number of halogens is 1. The molecule has 0 aromatic heterocycles. The lowest BCUT2D eigenvalue weighted by atomic mass is 9.84. The number of nitrogens with one attached hydrogen (secondary N) is 1. The zero-order valence-corrected chi connectivity index (χ0v) is 13.0. The molecule has 20 heavy (non-hydrogen) atoms. The predicted octanol–water partition coefficient (Wildman–Crippen LogP) is 1.44. The maximum absolute atomic E-state index is 10.6. The van der Waals surface area contributed by atoms with E-state index in [1.165, 1.54) is 0 Å². The van der Waals surface area contributed by atoms with Gasteiger partial charge >= 0.3 is 0 Å². The minimum Gasteiger partial charge on any atom is -0.390 e. The molecule has 0 spiro atoms. The first-order valence-electron chi connectivity index (χ1n) is 7.02. The van der Waals surface area contributed by atoms with Gasteiger partial charge in [-0.1, -0.05) is 40.2 Å². The lowest BCUT2D eigenvalue weighted by Gasteiger charge is -2.33. The van der Waals surface area contributed by atoms with E-state index in [2.05, 4.69) is 21.2 Å². The zero-order chi connectivity index (χ0) is 14.6. The van der Waals surface area contributed by atoms with Crippen LogP contribution < -0.4 is 5.32 Å². The summed E-state index contributed by atoms with van der Waals surface area (Å²) in [6.07, 6.45) is 0.229. The van der Waals surface area contributed by atoms with Crippen molar-refractivity contribution < 1.29 is 15.3 Å². The van der Waals surface area contributed by atoms with Crippen molar-refractivity contribution in [3.8, 4) is 0 Å². The molecule has 1 aromatic rings. The SMILES string of the molecule is OC(CCBr)C(O)c1ccc(C2(O)CCNCC2)cc1. The van der Waals surface area contributed by atoms with Crippen molar-refractivity contribution in [3.05, 3.63) is 35.4 Å². The average molecular weight is 344 g/mol. The van der Waals surface area contributed by atoms with Gasteiger partial charge in [0.15, 0.2) is 0 Å². The Morgan fingerprint density at radius 3 is 2.30 bits per heavy atom. The molecule has 0 radical (unpaired) electrons. The summed E-state index contributed by atoms with van der Waals surface area (Å²) in [7, 11) is 0. The van der Waals surface area contributed by atoms with Crippen LogP contribution in [0, 0.1) is 0 Å². The number of benzene rings is 1. The van der Waals surface area contributed by atoms with Gasteiger partial charge in [0.2, 0.25) is 0 Å². The molecule has 0 aliphatic carbocycles. The third-order valence-electron chi connectivity index (χ3n) is 3.99. The maximum Gasteiger partial charge on any atom is 0.105 e. The quantitative estimate of drug-likeness (QED) is 0.610. The lowest BCUT2D eigenvalue weighted by molar-refractivity contribution is 0.00541. The minimum atomic E-state index is -0.885. The average Bonchev–Trinajstić information content (AvgIpc) is 2.48. The van der Waals surface area contributed by atoms with E-state index in [0.717, 1.165) is 18.7 Å². The second-order valence-corrected chi connectivity index (χ2v) is 6.19. The summed E-state index contributed by atoms with van der Waals surface area (Å²) in [5.41, 5.74) is 0.785. The molecule has 112 valence electrons. The van der Waals surface area contributed by atoms with Crippen molar-refractivity contribution in [1.82, 2.24) is 5.32 Å². The van der Waals surface area contributed by atoms with Crippen LogP contribution >= 0.6 is 15.9 Å². The standard InChI is InChI=1S/C15H22BrNO3/c16-8-5-13(18)14(19)11-1-3-12(4-2-11)15(20)6-9-17-10-7-15/h1-4,13-14,17-20H,5-10H2. The molecule has 1 aliphatic heterocycles. The fourth-order valence-electron chi connectivity index (χ4n) is 2.61. The molecule has 0 amide bonds. The van der Waals surface area contributed by atoms with Crippen molar-refractivity contribution >= 4 is 15.9 Å². The van der Waals surface area contributed by atoms with Crippen LogP contribution in [0.4, 0.5) is 0 Å². The third-order valence-corrected chi connectivity index (χ3v) is 4.45. The largest absolute Gasteiger partial charge is 0.390 e. The number of aliphatic hydroxyl groups excluding tert-OH is 2. The second kappa shape index (κ2) is 7.00. The van der Waals surface area contributed by atoms with Crippen LogP contribution in [0.15, 0.2) is 24.3 Å². The molecule has 4 N–H and O–H groups in total. The summed E-state index contributed by atoms with van der Waals surface area (Å²) in [6, 6.07) is 7.28. The first kappa shape index (κ1) is 15.9. The number of aliphatic hydroxyl groups is 3. The van der Waals surface area contributed by atoms with Gasteiger partial charge in [-0.2, -0.15) is 0 Å². The molecule has 4 nitrogen and oxygen atoms in total. The van der Waals surface area contributed by atoms with Crippen molar-refractivity contribution in [3.63, 3.8) is 0 Å². The van der Waals surface area contributed by atoms with Crippen molar-refractivity contribution in [1.29, 1.82) is 0 Å². The number of piperidine rings is 1. The van der Waals surface area contributed by atoms with Gasteiger partial charge in [-0.15, -0.1) is 0 Å². The van der Waals surface area contributed by atoms with Crippen molar-refractivity contribution in [2.75, 3.05) is 18.4 Å². The van der Waals surface area contributed by atoms with E-state index in [9.17, 15) is 15.3 Å². The molecule has 1 aliphatic rings. The van der Waals surface area contributed by atoms with E-state index in [4.69, 9.17) is 0 Å². The number of rotatable bonds is 5. The summed E-state index contributed by atoms with van der Waals surface area (Å²) in [4.78, 5) is 0. The third kappa shape index (κ3) is 3.59. The van der Waals surface area contributed by atoms with Crippen LogP contribution in [0.5, 0.6) is 0 Å². The van der Waals surface area contributed by atoms with Crippen LogP contribution in [0.2, 0.25) is 0 Å². The topological polar surface area (TPSA) is 72.7 Å². The van der Waals surface area contributed by atoms with Gasteiger partial charge < -0.3 is 20.6 Å². The summed E-state index contributed by atoms with van der Waals surface area (Å²) in [5, 5.41) is 34.3. The van der Waals surface area contributed by atoms with Gasteiger partial charge in [0.1, 0.15) is 6.10 Å². The fraction of sp³-hybridized carbons (Fsp3) is 0.600. The molecular formula is C15H22BrNO3. The minimum absolute atomic E-state index is 0.499. The molecule has 1 heterocycles. The molecule has 2 rings (SSSR count). The van der Waals surface area contributed by atoms with Crippen LogP contribution in [-0.4, -0.2) is 39.8 Å². The smallest absolute Gasteiger partial charge is 0.105 e. The number of hydrogen-bond acceptors (Lipinski definition) is 4. The monoisotopic (exact) mass is 343 g/mol. The Morgan fingerprint density at radius 2 is 1.75 bits per heavy atom. The number of hydrogen-bond donors (Lipinski definition) is 4. The first-order valence-corrected chi connectivity index (χ1v) is 8.14. The molecule has 5 heteroatoms.